The molecule has 3 nitrogen and oxygen atoms in total. The molecule has 0 fully saturated rings. The molecule has 0 heterocycles. The average molecular weight is 276 g/mol. The van der Waals surface area contributed by atoms with Crippen LogP contribution in [0.1, 0.15) is 12.5 Å². The van der Waals surface area contributed by atoms with Gasteiger partial charge in [-0.25, -0.2) is 4.39 Å². The van der Waals surface area contributed by atoms with E-state index in [9.17, 15) is 9.18 Å². The summed E-state index contributed by atoms with van der Waals surface area (Å²) in [5.74, 6) is -1.02. The van der Waals surface area contributed by atoms with E-state index in [1.165, 1.54) is 32.2 Å². The fraction of sp³-hybridized carbons (Fsp3) is 0.300. The normalized spacial score (nSPS) is 14.7. The standard InChI is InChI=1S/C10H11BrFNO2/c1-10(15-2,9(13)14)6-3-4-8(12)7(11)5-6/h3-5H,1-2H3,(H2,13,14). The minimum Gasteiger partial charge on any atom is -0.367 e. The van der Waals surface area contributed by atoms with E-state index in [1.54, 1.807) is 0 Å². The lowest BCUT2D eigenvalue weighted by molar-refractivity contribution is -0.139. The molecule has 0 aliphatic heterocycles. The summed E-state index contributed by atoms with van der Waals surface area (Å²) < 4.78 is 18.3. The predicted molar refractivity (Wildman–Crippen MR) is 57.7 cm³/mol. The van der Waals surface area contributed by atoms with Gasteiger partial charge in [-0.15, -0.1) is 0 Å². The number of methoxy groups -OCH3 is 1. The summed E-state index contributed by atoms with van der Waals surface area (Å²) in [7, 11) is 1.38. The molecule has 15 heavy (non-hydrogen) atoms. The Balaban J connectivity index is 3.25. The summed E-state index contributed by atoms with van der Waals surface area (Å²) in [6.45, 7) is 1.54. The minimum absolute atomic E-state index is 0.268. The number of ether oxygens (including phenoxy) is 1. The van der Waals surface area contributed by atoms with Gasteiger partial charge in [0.15, 0.2) is 5.60 Å². The second kappa shape index (κ2) is 4.28. The quantitative estimate of drug-likeness (QED) is 0.917. The van der Waals surface area contributed by atoms with Gasteiger partial charge in [0.2, 0.25) is 0 Å². The molecule has 0 spiro atoms. The Morgan fingerprint density at radius 3 is 2.60 bits per heavy atom. The van der Waals surface area contributed by atoms with E-state index in [1.807, 2.05) is 0 Å². The van der Waals surface area contributed by atoms with E-state index in [4.69, 9.17) is 10.5 Å². The first-order valence-corrected chi connectivity index (χ1v) is 5.01. The highest BCUT2D eigenvalue weighted by molar-refractivity contribution is 9.10. The summed E-state index contributed by atoms with van der Waals surface area (Å²) in [6, 6.07) is 4.19. The van der Waals surface area contributed by atoms with Crippen LogP contribution in [-0.4, -0.2) is 13.0 Å². The molecular weight excluding hydrogens is 265 g/mol. The predicted octanol–water partition coefficient (Wildman–Crippen LogP) is 1.94. The lowest BCUT2D eigenvalue weighted by Crippen LogP contribution is -2.40. The van der Waals surface area contributed by atoms with Crippen molar-refractivity contribution in [3.63, 3.8) is 0 Å². The molecular formula is C10H11BrFNO2. The Morgan fingerprint density at radius 1 is 1.60 bits per heavy atom. The van der Waals surface area contributed by atoms with Gasteiger partial charge in [0, 0.05) is 7.11 Å². The number of nitrogens with two attached hydrogens (primary N) is 1. The van der Waals surface area contributed by atoms with Crippen LogP contribution in [0.3, 0.4) is 0 Å². The van der Waals surface area contributed by atoms with Gasteiger partial charge in [-0.05, 0) is 40.5 Å². The van der Waals surface area contributed by atoms with Crippen molar-refractivity contribution in [1.82, 2.24) is 0 Å². The van der Waals surface area contributed by atoms with Crippen molar-refractivity contribution in [3.8, 4) is 0 Å². The third kappa shape index (κ3) is 2.18. The van der Waals surface area contributed by atoms with Gasteiger partial charge in [-0.3, -0.25) is 4.79 Å². The van der Waals surface area contributed by atoms with Crippen LogP contribution in [0.5, 0.6) is 0 Å². The maximum absolute atomic E-state index is 13.0. The van der Waals surface area contributed by atoms with Crippen LogP contribution in [0.25, 0.3) is 0 Å². The molecule has 1 aromatic rings. The van der Waals surface area contributed by atoms with Crippen LogP contribution >= 0.6 is 15.9 Å². The summed E-state index contributed by atoms with van der Waals surface area (Å²) >= 11 is 3.03. The first-order chi connectivity index (χ1) is 6.91. The van der Waals surface area contributed by atoms with Crippen molar-refractivity contribution in [3.05, 3.63) is 34.1 Å². The number of amides is 1. The average Bonchev–Trinajstić information content (AvgIpc) is 2.20. The van der Waals surface area contributed by atoms with Crippen LogP contribution in [0.2, 0.25) is 0 Å². The first-order valence-electron chi connectivity index (χ1n) is 4.22. The van der Waals surface area contributed by atoms with Crippen molar-refractivity contribution in [2.24, 2.45) is 5.73 Å². The van der Waals surface area contributed by atoms with Crippen molar-refractivity contribution in [2.75, 3.05) is 7.11 Å². The molecule has 0 aliphatic carbocycles. The molecule has 1 amide bonds. The molecule has 1 aromatic carbocycles. The molecule has 1 atom stereocenters. The number of hydrogen-bond acceptors (Lipinski definition) is 2. The minimum atomic E-state index is -1.24. The van der Waals surface area contributed by atoms with Gasteiger partial charge < -0.3 is 10.5 Å². The molecule has 0 radical (unpaired) electrons. The molecule has 0 aliphatic rings. The highest BCUT2D eigenvalue weighted by Crippen LogP contribution is 2.28. The monoisotopic (exact) mass is 275 g/mol. The number of primary amides is 1. The molecule has 0 saturated heterocycles. The zero-order chi connectivity index (χ0) is 11.6. The van der Waals surface area contributed by atoms with E-state index in [0.29, 0.717) is 5.56 Å². The third-order valence-corrected chi connectivity index (χ3v) is 2.96. The Bertz CT molecular complexity index is 397. The van der Waals surface area contributed by atoms with Crippen LogP contribution in [0, 0.1) is 5.82 Å². The van der Waals surface area contributed by atoms with Gasteiger partial charge in [0.05, 0.1) is 4.47 Å². The largest absolute Gasteiger partial charge is 0.367 e. The van der Waals surface area contributed by atoms with Crippen LogP contribution in [-0.2, 0) is 15.1 Å². The molecule has 5 heteroatoms. The first kappa shape index (κ1) is 12.1. The Morgan fingerprint density at radius 2 is 2.20 bits per heavy atom. The fourth-order valence-corrected chi connectivity index (χ4v) is 1.53. The fourth-order valence-electron chi connectivity index (χ4n) is 1.15. The maximum atomic E-state index is 13.0. The summed E-state index contributed by atoms with van der Waals surface area (Å²) in [4.78, 5) is 11.2. The lowest BCUT2D eigenvalue weighted by atomic mass is 9.95. The number of benzene rings is 1. The second-order valence-corrected chi connectivity index (χ2v) is 4.08. The van der Waals surface area contributed by atoms with Crippen LogP contribution < -0.4 is 5.73 Å². The molecule has 0 aromatic heterocycles. The molecule has 0 bridgehead atoms. The number of halogens is 2. The molecule has 1 unspecified atom stereocenters. The number of carbonyl (C=O) groups excluding carboxylic acids is 1. The summed E-state index contributed by atoms with van der Waals surface area (Å²) in [5.41, 5.74) is 4.49. The Labute approximate surface area is 95.5 Å². The van der Waals surface area contributed by atoms with E-state index in [-0.39, 0.29) is 4.47 Å². The highest BCUT2D eigenvalue weighted by atomic mass is 79.9. The zero-order valence-electron chi connectivity index (χ0n) is 8.38. The van der Waals surface area contributed by atoms with Crippen LogP contribution in [0.15, 0.2) is 22.7 Å². The number of carbonyl (C=O) groups is 1. The zero-order valence-corrected chi connectivity index (χ0v) is 9.97. The number of rotatable bonds is 3. The van der Waals surface area contributed by atoms with Gasteiger partial charge >= 0.3 is 0 Å². The molecule has 1 rings (SSSR count). The van der Waals surface area contributed by atoms with Gasteiger partial charge in [-0.2, -0.15) is 0 Å². The lowest BCUT2D eigenvalue weighted by Gasteiger charge is -2.24. The van der Waals surface area contributed by atoms with Gasteiger partial charge in [0.25, 0.3) is 5.91 Å². The Hall–Kier alpha value is -0.940. The van der Waals surface area contributed by atoms with Gasteiger partial charge in [0.1, 0.15) is 5.82 Å². The number of hydrogen-bond donors (Lipinski definition) is 1. The third-order valence-electron chi connectivity index (χ3n) is 2.35. The van der Waals surface area contributed by atoms with Gasteiger partial charge in [-0.1, -0.05) is 6.07 Å². The van der Waals surface area contributed by atoms with Crippen molar-refractivity contribution < 1.29 is 13.9 Å². The molecule has 2 N–H and O–H groups in total. The Kier molecular flexibility index (Phi) is 3.46. The van der Waals surface area contributed by atoms with E-state index >= 15 is 0 Å². The summed E-state index contributed by atoms with van der Waals surface area (Å²) in [6.07, 6.45) is 0. The highest BCUT2D eigenvalue weighted by Gasteiger charge is 2.33. The maximum Gasteiger partial charge on any atom is 0.254 e. The van der Waals surface area contributed by atoms with Crippen molar-refractivity contribution >= 4 is 21.8 Å². The molecule has 82 valence electrons. The van der Waals surface area contributed by atoms with E-state index in [2.05, 4.69) is 15.9 Å². The van der Waals surface area contributed by atoms with Crippen LogP contribution in [0.4, 0.5) is 4.39 Å². The molecule has 0 saturated carbocycles. The summed E-state index contributed by atoms with van der Waals surface area (Å²) in [5, 5.41) is 0. The van der Waals surface area contributed by atoms with Crippen molar-refractivity contribution in [2.45, 2.75) is 12.5 Å². The SMILES string of the molecule is COC(C)(C(N)=O)c1ccc(F)c(Br)c1. The van der Waals surface area contributed by atoms with E-state index in [0.717, 1.165) is 0 Å². The second-order valence-electron chi connectivity index (χ2n) is 3.23. The van der Waals surface area contributed by atoms with E-state index < -0.39 is 17.3 Å². The van der Waals surface area contributed by atoms with Crippen molar-refractivity contribution in [1.29, 1.82) is 0 Å². The smallest absolute Gasteiger partial charge is 0.254 e. The topological polar surface area (TPSA) is 52.3 Å².